The maximum absolute atomic E-state index is 12.0. The van der Waals surface area contributed by atoms with E-state index < -0.39 is 5.76 Å². The van der Waals surface area contributed by atoms with Crippen LogP contribution in [0.4, 0.5) is 0 Å². The molecule has 0 bridgehead atoms. The molecule has 0 aliphatic heterocycles. The summed E-state index contributed by atoms with van der Waals surface area (Å²) < 4.78 is 17.4. The number of hydrogen-bond donors (Lipinski definition) is 0. The second-order valence-electron chi connectivity index (χ2n) is 5.04. The molecule has 0 N–H and O–H groups in total. The fraction of sp³-hybridized carbons (Fsp3) is 0.167. The smallest absolute Gasteiger partial charge is 0.419 e. The number of oxazole rings is 1. The molecule has 0 aliphatic carbocycles. The molecule has 5 nitrogen and oxygen atoms in total. The van der Waals surface area contributed by atoms with Crippen LogP contribution in [0.25, 0.3) is 11.3 Å². The van der Waals surface area contributed by atoms with E-state index in [1.807, 2.05) is 36.4 Å². The quantitative estimate of drug-likeness (QED) is 0.726. The van der Waals surface area contributed by atoms with Gasteiger partial charge in [-0.25, -0.2) is 4.79 Å². The Morgan fingerprint density at radius 2 is 1.74 bits per heavy atom. The van der Waals surface area contributed by atoms with E-state index in [-0.39, 0.29) is 0 Å². The molecule has 118 valence electrons. The lowest BCUT2D eigenvalue weighted by Gasteiger charge is -2.07. The normalized spacial score (nSPS) is 10.5. The lowest BCUT2D eigenvalue weighted by Crippen LogP contribution is -2.13. The number of ether oxygens (including phenoxy) is 2. The average Bonchev–Trinajstić information content (AvgIpc) is 2.96. The number of nitrogens with zero attached hydrogens (tertiary/aromatic N) is 1. The summed E-state index contributed by atoms with van der Waals surface area (Å²) in [5.74, 6) is 1.32. The lowest BCUT2D eigenvalue weighted by molar-refractivity contribution is 0.355. The first-order chi connectivity index (χ1) is 11.2. The van der Waals surface area contributed by atoms with Crippen molar-refractivity contribution in [2.24, 2.45) is 0 Å². The van der Waals surface area contributed by atoms with Crippen molar-refractivity contribution < 1.29 is 13.9 Å². The summed E-state index contributed by atoms with van der Waals surface area (Å²) in [6, 6.07) is 15.1. The van der Waals surface area contributed by atoms with Gasteiger partial charge in [-0.3, -0.25) is 4.57 Å². The lowest BCUT2D eigenvalue weighted by atomic mass is 10.1. The van der Waals surface area contributed by atoms with Crippen molar-refractivity contribution in [1.82, 2.24) is 4.57 Å². The summed E-state index contributed by atoms with van der Waals surface area (Å²) in [7, 11) is 3.15. The zero-order valence-electron chi connectivity index (χ0n) is 13.0. The van der Waals surface area contributed by atoms with E-state index in [9.17, 15) is 4.79 Å². The Balaban J connectivity index is 1.93. The van der Waals surface area contributed by atoms with Gasteiger partial charge >= 0.3 is 5.76 Å². The molecule has 5 heteroatoms. The van der Waals surface area contributed by atoms with Crippen molar-refractivity contribution in [3.8, 4) is 22.8 Å². The molecule has 0 saturated heterocycles. The molecule has 3 aromatic rings. The van der Waals surface area contributed by atoms with Crippen LogP contribution >= 0.6 is 0 Å². The number of methoxy groups -OCH3 is 2. The fourth-order valence-electron chi connectivity index (χ4n) is 2.39. The molecule has 1 aromatic heterocycles. The fourth-order valence-corrected chi connectivity index (χ4v) is 2.39. The third kappa shape index (κ3) is 3.13. The third-order valence-corrected chi connectivity index (χ3v) is 3.57. The van der Waals surface area contributed by atoms with Gasteiger partial charge in [0.05, 0.1) is 27.0 Å². The summed E-state index contributed by atoms with van der Waals surface area (Å²) in [5, 5.41) is 0. The van der Waals surface area contributed by atoms with Gasteiger partial charge in [0.2, 0.25) is 0 Å². The molecule has 0 amide bonds. The predicted octanol–water partition coefficient (Wildman–Crippen LogP) is 3.17. The van der Waals surface area contributed by atoms with E-state index in [2.05, 4.69) is 0 Å². The highest BCUT2D eigenvalue weighted by atomic mass is 16.5. The Kier molecular flexibility index (Phi) is 4.19. The molecule has 0 fully saturated rings. The molecular weight excluding hydrogens is 294 g/mol. The minimum absolute atomic E-state index is 0.390. The minimum Gasteiger partial charge on any atom is -0.493 e. The first kappa shape index (κ1) is 15.0. The van der Waals surface area contributed by atoms with Crippen LogP contribution in [-0.2, 0) is 6.54 Å². The Bertz CT molecular complexity index is 849. The largest absolute Gasteiger partial charge is 0.493 e. The predicted molar refractivity (Wildman–Crippen MR) is 87.1 cm³/mol. The van der Waals surface area contributed by atoms with E-state index in [1.54, 1.807) is 37.1 Å². The summed E-state index contributed by atoms with van der Waals surface area (Å²) in [6.07, 6.45) is 1.70. The zero-order chi connectivity index (χ0) is 16.2. The second kappa shape index (κ2) is 6.44. The zero-order valence-corrected chi connectivity index (χ0v) is 13.0. The number of rotatable bonds is 5. The van der Waals surface area contributed by atoms with E-state index >= 15 is 0 Å². The standard InChI is InChI=1S/C18H17NO4/c1-21-15-9-8-14(10-16(15)22-2)17-12-19(18(20)23-17)11-13-6-4-3-5-7-13/h3-10,12H,11H2,1-2H3. The Labute approximate surface area is 133 Å². The molecule has 0 atom stereocenters. The van der Waals surface area contributed by atoms with Crippen LogP contribution in [0.15, 0.2) is 63.9 Å². The molecule has 0 unspecified atom stereocenters. The van der Waals surface area contributed by atoms with Crippen molar-refractivity contribution in [3.63, 3.8) is 0 Å². The third-order valence-electron chi connectivity index (χ3n) is 3.57. The van der Waals surface area contributed by atoms with Gasteiger partial charge in [-0.05, 0) is 23.8 Å². The van der Waals surface area contributed by atoms with Crippen LogP contribution in [0, 0.1) is 0 Å². The van der Waals surface area contributed by atoms with Gasteiger partial charge in [0.15, 0.2) is 17.3 Å². The topological polar surface area (TPSA) is 53.6 Å². The van der Waals surface area contributed by atoms with Crippen molar-refractivity contribution in [2.75, 3.05) is 14.2 Å². The van der Waals surface area contributed by atoms with Gasteiger partial charge in [-0.2, -0.15) is 0 Å². The highest BCUT2D eigenvalue weighted by Crippen LogP contribution is 2.31. The molecule has 23 heavy (non-hydrogen) atoms. The van der Waals surface area contributed by atoms with E-state index in [0.29, 0.717) is 23.8 Å². The highest BCUT2D eigenvalue weighted by molar-refractivity contribution is 5.62. The van der Waals surface area contributed by atoms with E-state index in [0.717, 1.165) is 11.1 Å². The van der Waals surface area contributed by atoms with Gasteiger partial charge < -0.3 is 13.9 Å². The molecule has 0 spiro atoms. The van der Waals surface area contributed by atoms with Crippen LogP contribution < -0.4 is 15.2 Å². The summed E-state index contributed by atoms with van der Waals surface area (Å²) in [4.78, 5) is 12.0. The van der Waals surface area contributed by atoms with Gasteiger partial charge in [0, 0.05) is 5.56 Å². The molecule has 0 aliphatic rings. The van der Waals surface area contributed by atoms with Gasteiger partial charge in [-0.1, -0.05) is 30.3 Å². The van der Waals surface area contributed by atoms with Crippen LogP contribution in [-0.4, -0.2) is 18.8 Å². The van der Waals surface area contributed by atoms with Gasteiger partial charge in [-0.15, -0.1) is 0 Å². The van der Waals surface area contributed by atoms with Crippen molar-refractivity contribution in [1.29, 1.82) is 0 Å². The van der Waals surface area contributed by atoms with Gasteiger partial charge in [0.25, 0.3) is 0 Å². The average molecular weight is 311 g/mol. The maximum atomic E-state index is 12.0. The van der Waals surface area contributed by atoms with Crippen molar-refractivity contribution >= 4 is 0 Å². The molecule has 3 rings (SSSR count). The van der Waals surface area contributed by atoms with Crippen molar-refractivity contribution in [3.05, 3.63) is 70.8 Å². The number of hydrogen-bond acceptors (Lipinski definition) is 4. The first-order valence-electron chi connectivity index (χ1n) is 7.18. The van der Waals surface area contributed by atoms with Gasteiger partial charge in [0.1, 0.15) is 0 Å². The maximum Gasteiger partial charge on any atom is 0.419 e. The number of aromatic nitrogens is 1. The minimum atomic E-state index is -0.390. The molecule has 1 heterocycles. The summed E-state index contributed by atoms with van der Waals surface area (Å²) in [6.45, 7) is 0.469. The number of benzene rings is 2. The molecule has 0 radical (unpaired) electrons. The molecule has 0 saturated carbocycles. The van der Waals surface area contributed by atoms with Crippen LogP contribution in [0.5, 0.6) is 11.5 Å². The van der Waals surface area contributed by atoms with E-state index in [4.69, 9.17) is 13.9 Å². The van der Waals surface area contributed by atoms with Crippen LogP contribution in [0.2, 0.25) is 0 Å². The van der Waals surface area contributed by atoms with E-state index in [1.165, 1.54) is 0 Å². The Morgan fingerprint density at radius 3 is 2.43 bits per heavy atom. The van der Waals surface area contributed by atoms with Crippen LogP contribution in [0.3, 0.4) is 0 Å². The summed E-state index contributed by atoms with van der Waals surface area (Å²) >= 11 is 0. The molecular formula is C18H17NO4. The second-order valence-corrected chi connectivity index (χ2v) is 5.04. The first-order valence-corrected chi connectivity index (χ1v) is 7.18. The SMILES string of the molecule is COc1ccc(-c2cn(Cc3ccccc3)c(=O)o2)cc1OC. The van der Waals surface area contributed by atoms with Crippen molar-refractivity contribution in [2.45, 2.75) is 6.54 Å². The van der Waals surface area contributed by atoms with Crippen LogP contribution in [0.1, 0.15) is 5.56 Å². The Hall–Kier alpha value is -2.95. The molecule has 2 aromatic carbocycles. The summed E-state index contributed by atoms with van der Waals surface area (Å²) in [5.41, 5.74) is 1.79. The monoisotopic (exact) mass is 311 g/mol. The highest BCUT2D eigenvalue weighted by Gasteiger charge is 2.12. The Morgan fingerprint density at radius 1 is 1.00 bits per heavy atom.